The first-order valence-corrected chi connectivity index (χ1v) is 15.6. The summed E-state index contributed by atoms with van der Waals surface area (Å²) in [6.07, 6.45) is 6.71. The Labute approximate surface area is 287 Å². The zero-order valence-electron chi connectivity index (χ0n) is 26.7. The van der Waals surface area contributed by atoms with Crippen molar-refractivity contribution in [3.63, 3.8) is 0 Å². The highest BCUT2D eigenvalue weighted by molar-refractivity contribution is 5.80. The van der Waals surface area contributed by atoms with Crippen molar-refractivity contribution in [2.45, 2.75) is 31.4 Å². The molecule has 0 amide bonds. The molecule has 0 spiro atoms. The largest absolute Gasteiger partial charge is 0.416 e. The average molecular weight is 666 g/mol. The third-order valence-electron chi connectivity index (χ3n) is 8.07. The molecule has 0 aliphatic carbocycles. The molecule has 0 saturated heterocycles. The molecule has 50 heavy (non-hydrogen) atoms. The smallest absolute Gasteiger partial charge is 0.348 e. The molecule has 4 aromatic carbocycles. The molecule has 0 aliphatic rings. The minimum atomic E-state index is -4.35. The first kappa shape index (κ1) is 34.6. The SMILES string of the molecule is N#Cc1ccc(C(=CCc2cnc[nH]2)c2ccc(C#N)cc2)cc1.N#Cc1ccc(C(CCc2cnc[nH]2)c2ccc(C(F)(F)F)cc2)cc1. The van der Waals surface area contributed by atoms with Gasteiger partial charge in [-0.15, -0.1) is 0 Å². The molecule has 7 nitrogen and oxygen atoms in total. The zero-order chi connectivity index (χ0) is 35.3. The van der Waals surface area contributed by atoms with Crippen LogP contribution in [0.3, 0.4) is 0 Å². The molecule has 246 valence electrons. The number of allylic oxidation sites excluding steroid dienone is 1. The van der Waals surface area contributed by atoms with Crippen LogP contribution in [0.15, 0.2) is 128 Å². The van der Waals surface area contributed by atoms with Crippen LogP contribution in [-0.2, 0) is 19.0 Å². The molecule has 10 heteroatoms. The zero-order valence-corrected chi connectivity index (χ0v) is 26.7. The standard InChI is InChI=1S/C20H16F3N3.C20H14N4/c21-20(22,23)17-7-5-16(6-8-17)19(10-9-18-12-25-13-26-18)15-3-1-14(11-24)2-4-15;21-11-15-1-5-17(6-2-15)20(10-9-19-13-23-14-24-19)18-7-3-16(12-22)4-8-18/h1-8,12-13,19H,9-10H2,(H,25,26);1-8,10,13-14H,9H2,(H,23,24). The van der Waals surface area contributed by atoms with Crippen LogP contribution in [0.4, 0.5) is 13.2 Å². The lowest BCUT2D eigenvalue weighted by Gasteiger charge is -2.19. The van der Waals surface area contributed by atoms with Crippen molar-refractivity contribution in [3.05, 3.63) is 184 Å². The number of nitrogens with one attached hydrogen (secondary N) is 2. The van der Waals surface area contributed by atoms with Crippen LogP contribution >= 0.6 is 0 Å². The van der Waals surface area contributed by atoms with Gasteiger partial charge in [0.25, 0.3) is 0 Å². The van der Waals surface area contributed by atoms with Gasteiger partial charge in [-0.25, -0.2) is 9.97 Å². The van der Waals surface area contributed by atoms with Crippen LogP contribution in [0, 0.1) is 34.0 Å². The van der Waals surface area contributed by atoms with E-state index in [2.05, 4.69) is 44.2 Å². The molecule has 0 radical (unpaired) electrons. The van der Waals surface area contributed by atoms with Gasteiger partial charge in [0, 0.05) is 36.1 Å². The predicted molar refractivity (Wildman–Crippen MR) is 183 cm³/mol. The van der Waals surface area contributed by atoms with Crippen LogP contribution in [0.25, 0.3) is 5.57 Å². The number of imidazole rings is 2. The molecule has 6 aromatic rings. The minimum absolute atomic E-state index is 0.0756. The molecule has 0 fully saturated rings. The van der Waals surface area contributed by atoms with Crippen molar-refractivity contribution in [2.75, 3.05) is 0 Å². The Kier molecular flexibility index (Phi) is 11.4. The Balaban J connectivity index is 0.000000195. The van der Waals surface area contributed by atoms with E-state index in [4.69, 9.17) is 15.8 Å². The van der Waals surface area contributed by atoms with Crippen molar-refractivity contribution in [2.24, 2.45) is 0 Å². The fraction of sp³-hybridized carbons (Fsp3) is 0.125. The summed E-state index contributed by atoms with van der Waals surface area (Å²) in [5.74, 6) is -0.0756. The molecule has 2 N–H and O–H groups in total. The summed E-state index contributed by atoms with van der Waals surface area (Å²) in [7, 11) is 0. The van der Waals surface area contributed by atoms with Gasteiger partial charge in [0.15, 0.2) is 0 Å². The van der Waals surface area contributed by atoms with Crippen LogP contribution in [-0.4, -0.2) is 19.9 Å². The van der Waals surface area contributed by atoms with Gasteiger partial charge < -0.3 is 9.97 Å². The Hall–Kier alpha value is -6.70. The number of rotatable bonds is 9. The first-order chi connectivity index (χ1) is 24.3. The highest BCUT2D eigenvalue weighted by Gasteiger charge is 2.30. The normalized spacial score (nSPS) is 11.2. The Morgan fingerprint density at radius 2 is 1.08 bits per heavy atom. The highest BCUT2D eigenvalue weighted by Crippen LogP contribution is 2.34. The van der Waals surface area contributed by atoms with Gasteiger partial charge >= 0.3 is 6.18 Å². The minimum Gasteiger partial charge on any atom is -0.348 e. The molecule has 2 aromatic heterocycles. The second kappa shape index (κ2) is 16.4. The van der Waals surface area contributed by atoms with Gasteiger partial charge in [0.1, 0.15) is 0 Å². The topological polar surface area (TPSA) is 129 Å². The number of aromatic nitrogens is 4. The summed E-state index contributed by atoms with van der Waals surface area (Å²) in [6, 6.07) is 33.8. The van der Waals surface area contributed by atoms with E-state index >= 15 is 0 Å². The Bertz CT molecular complexity index is 2050. The van der Waals surface area contributed by atoms with Crippen LogP contribution < -0.4 is 0 Å². The second-order valence-corrected chi connectivity index (χ2v) is 11.3. The summed E-state index contributed by atoms with van der Waals surface area (Å²) in [5.41, 5.74) is 8.02. The maximum atomic E-state index is 12.8. The van der Waals surface area contributed by atoms with Gasteiger partial charge in [-0.3, -0.25) is 0 Å². The lowest BCUT2D eigenvalue weighted by atomic mass is 9.86. The van der Waals surface area contributed by atoms with E-state index in [9.17, 15) is 13.2 Å². The van der Waals surface area contributed by atoms with E-state index in [-0.39, 0.29) is 5.92 Å². The van der Waals surface area contributed by atoms with E-state index in [1.54, 1.807) is 37.2 Å². The quantitative estimate of drug-likeness (QED) is 0.159. The van der Waals surface area contributed by atoms with Crippen LogP contribution in [0.5, 0.6) is 0 Å². The highest BCUT2D eigenvalue weighted by atomic mass is 19.4. The summed E-state index contributed by atoms with van der Waals surface area (Å²) in [6.45, 7) is 0. The average Bonchev–Trinajstić information content (AvgIpc) is 3.88. The van der Waals surface area contributed by atoms with Crippen molar-refractivity contribution in [1.29, 1.82) is 15.8 Å². The molecular weight excluding hydrogens is 635 g/mol. The monoisotopic (exact) mass is 665 g/mol. The fourth-order valence-corrected chi connectivity index (χ4v) is 5.40. The van der Waals surface area contributed by atoms with Crippen LogP contribution in [0.1, 0.15) is 68.2 Å². The third-order valence-corrected chi connectivity index (χ3v) is 8.07. The summed E-state index contributed by atoms with van der Waals surface area (Å²) < 4.78 is 38.5. The van der Waals surface area contributed by atoms with Gasteiger partial charge in [-0.2, -0.15) is 29.0 Å². The van der Waals surface area contributed by atoms with Crippen molar-refractivity contribution >= 4 is 5.57 Å². The lowest BCUT2D eigenvalue weighted by molar-refractivity contribution is -0.137. The maximum Gasteiger partial charge on any atom is 0.416 e. The molecule has 1 unspecified atom stereocenters. The summed E-state index contributed by atoms with van der Waals surface area (Å²) in [4.78, 5) is 14.2. The number of H-pyrrole nitrogens is 2. The van der Waals surface area contributed by atoms with Crippen molar-refractivity contribution < 1.29 is 13.2 Å². The number of hydrogen-bond acceptors (Lipinski definition) is 5. The van der Waals surface area contributed by atoms with Gasteiger partial charge in [-0.1, -0.05) is 54.6 Å². The fourth-order valence-electron chi connectivity index (χ4n) is 5.40. The third kappa shape index (κ3) is 9.22. The number of aryl methyl sites for hydroxylation is 1. The number of nitrogens with zero attached hydrogens (tertiary/aromatic N) is 5. The van der Waals surface area contributed by atoms with Crippen molar-refractivity contribution in [3.8, 4) is 18.2 Å². The number of nitriles is 3. The molecule has 0 aliphatic heterocycles. The summed E-state index contributed by atoms with van der Waals surface area (Å²) in [5, 5.41) is 26.9. The molecule has 2 heterocycles. The van der Waals surface area contributed by atoms with E-state index in [0.29, 0.717) is 29.5 Å². The van der Waals surface area contributed by atoms with E-state index < -0.39 is 11.7 Å². The molecule has 1 atom stereocenters. The van der Waals surface area contributed by atoms with Crippen molar-refractivity contribution in [1.82, 2.24) is 19.9 Å². The van der Waals surface area contributed by atoms with Gasteiger partial charge in [0.05, 0.1) is 53.1 Å². The van der Waals surface area contributed by atoms with E-state index in [0.717, 1.165) is 57.8 Å². The molecule has 0 saturated carbocycles. The van der Waals surface area contributed by atoms with Gasteiger partial charge in [-0.05, 0) is 89.2 Å². The Morgan fingerprint density at radius 1 is 0.640 bits per heavy atom. The Morgan fingerprint density at radius 3 is 1.50 bits per heavy atom. The lowest BCUT2D eigenvalue weighted by Crippen LogP contribution is -2.07. The summed E-state index contributed by atoms with van der Waals surface area (Å²) >= 11 is 0. The number of benzene rings is 4. The first-order valence-electron chi connectivity index (χ1n) is 15.6. The second-order valence-electron chi connectivity index (χ2n) is 11.3. The van der Waals surface area contributed by atoms with E-state index in [1.807, 2.05) is 60.7 Å². The maximum absolute atomic E-state index is 12.8. The van der Waals surface area contributed by atoms with Gasteiger partial charge in [0.2, 0.25) is 0 Å². The number of alkyl halides is 3. The molecule has 0 bridgehead atoms. The molecule has 6 rings (SSSR count). The number of halogens is 3. The predicted octanol–water partition coefficient (Wildman–Crippen LogP) is 8.89. The van der Waals surface area contributed by atoms with Crippen LogP contribution in [0.2, 0.25) is 0 Å². The van der Waals surface area contributed by atoms with E-state index in [1.165, 1.54) is 12.1 Å². The molecular formula is C40H30F3N7. The number of hydrogen-bond donors (Lipinski definition) is 2. The number of aromatic amines is 2.